The highest BCUT2D eigenvalue weighted by molar-refractivity contribution is 9.10. The highest BCUT2D eigenvalue weighted by Gasteiger charge is 2.13. The van der Waals surface area contributed by atoms with Crippen LogP contribution in [-0.2, 0) is 4.79 Å². The number of nitro benzene ring substituents is 1. The Morgan fingerprint density at radius 2 is 2.00 bits per heavy atom. The van der Waals surface area contributed by atoms with E-state index in [9.17, 15) is 14.9 Å². The van der Waals surface area contributed by atoms with Gasteiger partial charge in [-0.15, -0.1) is 0 Å². The summed E-state index contributed by atoms with van der Waals surface area (Å²) in [5.74, 6) is -0.103. The number of nitrogens with one attached hydrogen (secondary N) is 1. The molecule has 0 aliphatic heterocycles. The van der Waals surface area contributed by atoms with Gasteiger partial charge in [-0.05, 0) is 30.7 Å². The van der Waals surface area contributed by atoms with Crippen molar-refractivity contribution in [3.05, 3.63) is 67.6 Å². The van der Waals surface area contributed by atoms with E-state index in [1.54, 1.807) is 0 Å². The van der Waals surface area contributed by atoms with Crippen LogP contribution in [0.3, 0.4) is 0 Å². The number of carbonyl (C=O) groups is 1. The van der Waals surface area contributed by atoms with E-state index in [1.165, 1.54) is 18.2 Å². The van der Waals surface area contributed by atoms with E-state index in [1.807, 2.05) is 31.2 Å². The summed E-state index contributed by atoms with van der Waals surface area (Å²) in [6.45, 7) is 1.62. The average molecular weight is 414 g/mol. The van der Waals surface area contributed by atoms with E-state index in [-0.39, 0.29) is 35.0 Å². The van der Waals surface area contributed by atoms with Crippen molar-refractivity contribution in [1.82, 2.24) is 5.32 Å². The molecule has 1 atom stereocenters. The third-order valence-corrected chi connectivity index (χ3v) is 4.06. The van der Waals surface area contributed by atoms with Gasteiger partial charge >= 0.3 is 0 Å². The number of amides is 1. The zero-order valence-electron chi connectivity index (χ0n) is 12.7. The van der Waals surface area contributed by atoms with Crippen LogP contribution in [0.15, 0.2) is 46.9 Å². The van der Waals surface area contributed by atoms with Gasteiger partial charge in [0.15, 0.2) is 6.61 Å². The number of nitro groups is 1. The number of benzene rings is 2. The fraction of sp³-hybridized carbons (Fsp3) is 0.188. The van der Waals surface area contributed by atoms with Crippen molar-refractivity contribution in [2.45, 2.75) is 13.0 Å². The number of non-ortho nitro benzene ring substituents is 1. The van der Waals surface area contributed by atoms with E-state index < -0.39 is 4.92 Å². The van der Waals surface area contributed by atoms with Gasteiger partial charge in [-0.25, -0.2) is 0 Å². The summed E-state index contributed by atoms with van der Waals surface area (Å²) in [6.07, 6.45) is 0. The summed E-state index contributed by atoms with van der Waals surface area (Å²) in [4.78, 5) is 22.1. The Labute approximate surface area is 152 Å². The maximum Gasteiger partial charge on any atom is 0.271 e. The minimum absolute atomic E-state index is 0.0814. The fourth-order valence-corrected chi connectivity index (χ4v) is 2.48. The number of rotatable bonds is 6. The molecule has 0 saturated heterocycles. The average Bonchev–Trinajstić information content (AvgIpc) is 2.54. The predicted octanol–water partition coefficient (Wildman–Crippen LogP) is 4.27. The molecule has 0 fully saturated rings. The second-order valence-corrected chi connectivity index (χ2v) is 6.32. The van der Waals surface area contributed by atoms with Crippen molar-refractivity contribution in [2.75, 3.05) is 6.61 Å². The molecule has 0 spiro atoms. The Kier molecular flexibility index (Phi) is 6.16. The molecular weight excluding hydrogens is 400 g/mol. The van der Waals surface area contributed by atoms with Gasteiger partial charge in [0.25, 0.3) is 11.6 Å². The van der Waals surface area contributed by atoms with Crippen molar-refractivity contribution >= 4 is 39.1 Å². The summed E-state index contributed by atoms with van der Waals surface area (Å²) >= 11 is 9.26. The summed E-state index contributed by atoms with van der Waals surface area (Å²) in [7, 11) is 0. The largest absolute Gasteiger partial charge is 0.482 e. The minimum atomic E-state index is -0.553. The monoisotopic (exact) mass is 412 g/mol. The van der Waals surface area contributed by atoms with Crippen molar-refractivity contribution in [2.24, 2.45) is 0 Å². The van der Waals surface area contributed by atoms with Gasteiger partial charge in [0, 0.05) is 16.6 Å². The fourth-order valence-electron chi connectivity index (χ4n) is 1.98. The molecule has 0 saturated carbocycles. The summed E-state index contributed by atoms with van der Waals surface area (Å²) in [5.41, 5.74) is 0.820. The molecule has 1 unspecified atom stereocenters. The van der Waals surface area contributed by atoms with Crippen LogP contribution in [0.5, 0.6) is 5.75 Å². The zero-order chi connectivity index (χ0) is 17.7. The zero-order valence-corrected chi connectivity index (χ0v) is 15.0. The number of carbonyl (C=O) groups excluding carboxylic acids is 1. The Morgan fingerprint density at radius 3 is 2.58 bits per heavy atom. The molecule has 2 aromatic rings. The van der Waals surface area contributed by atoms with E-state index >= 15 is 0 Å². The summed E-state index contributed by atoms with van der Waals surface area (Å²) in [6, 6.07) is 11.2. The number of ether oxygens (including phenoxy) is 1. The molecule has 126 valence electrons. The standard InChI is InChI=1S/C16H14BrClN2O4/c1-10(11-2-4-12(17)5-3-11)19-16(21)9-24-15-7-6-13(20(22)23)8-14(15)18/h2-8,10H,9H2,1H3,(H,19,21). The van der Waals surface area contributed by atoms with Gasteiger partial charge in [-0.1, -0.05) is 39.7 Å². The van der Waals surface area contributed by atoms with Crippen molar-refractivity contribution in [1.29, 1.82) is 0 Å². The Hall–Kier alpha value is -2.12. The molecule has 0 heterocycles. The molecular formula is C16H14BrClN2O4. The maximum atomic E-state index is 12.0. The topological polar surface area (TPSA) is 81.5 Å². The van der Waals surface area contributed by atoms with Crippen molar-refractivity contribution in [3.8, 4) is 5.75 Å². The lowest BCUT2D eigenvalue weighted by Crippen LogP contribution is -2.31. The smallest absolute Gasteiger partial charge is 0.271 e. The number of halogens is 2. The third-order valence-electron chi connectivity index (χ3n) is 3.23. The lowest BCUT2D eigenvalue weighted by molar-refractivity contribution is -0.384. The molecule has 6 nitrogen and oxygen atoms in total. The Balaban J connectivity index is 1.91. The number of nitrogens with zero attached hydrogens (tertiary/aromatic N) is 1. The van der Waals surface area contributed by atoms with Crippen LogP contribution >= 0.6 is 27.5 Å². The molecule has 0 bridgehead atoms. The van der Waals surface area contributed by atoms with E-state index in [4.69, 9.17) is 16.3 Å². The second kappa shape index (κ2) is 8.12. The van der Waals surface area contributed by atoms with Crippen molar-refractivity contribution < 1.29 is 14.5 Å². The minimum Gasteiger partial charge on any atom is -0.482 e. The van der Waals surface area contributed by atoms with Gasteiger partial charge in [0.1, 0.15) is 5.75 Å². The Bertz CT molecular complexity index is 752. The molecule has 2 aromatic carbocycles. The van der Waals surface area contributed by atoms with E-state index in [0.29, 0.717) is 0 Å². The molecule has 1 N–H and O–H groups in total. The van der Waals surface area contributed by atoms with Gasteiger partial charge in [-0.2, -0.15) is 0 Å². The maximum absolute atomic E-state index is 12.0. The quantitative estimate of drug-likeness (QED) is 0.566. The normalized spacial score (nSPS) is 11.6. The van der Waals surface area contributed by atoms with Crippen LogP contribution in [-0.4, -0.2) is 17.4 Å². The SMILES string of the molecule is CC(NC(=O)COc1ccc([N+](=O)[O-])cc1Cl)c1ccc(Br)cc1. The third kappa shape index (κ3) is 4.94. The van der Waals surface area contributed by atoms with Gasteiger partial charge in [-0.3, -0.25) is 14.9 Å². The first-order valence-corrected chi connectivity index (χ1v) is 8.15. The summed E-state index contributed by atoms with van der Waals surface area (Å²) in [5, 5.41) is 13.5. The van der Waals surface area contributed by atoms with Crippen LogP contribution in [0.4, 0.5) is 5.69 Å². The molecule has 8 heteroatoms. The summed E-state index contributed by atoms with van der Waals surface area (Å²) < 4.78 is 6.27. The van der Waals surface area contributed by atoms with Crippen LogP contribution in [0, 0.1) is 10.1 Å². The molecule has 2 rings (SSSR count). The van der Waals surface area contributed by atoms with Crippen LogP contribution in [0.1, 0.15) is 18.5 Å². The van der Waals surface area contributed by atoms with Crippen LogP contribution < -0.4 is 10.1 Å². The molecule has 24 heavy (non-hydrogen) atoms. The molecule has 0 radical (unpaired) electrons. The lowest BCUT2D eigenvalue weighted by Gasteiger charge is -2.15. The molecule has 1 amide bonds. The van der Waals surface area contributed by atoms with Crippen molar-refractivity contribution in [3.63, 3.8) is 0 Å². The second-order valence-electron chi connectivity index (χ2n) is 5.00. The molecule has 0 aliphatic rings. The van der Waals surface area contributed by atoms with Gasteiger partial charge in [0.05, 0.1) is 16.0 Å². The highest BCUT2D eigenvalue weighted by Crippen LogP contribution is 2.28. The van der Waals surface area contributed by atoms with Gasteiger partial charge < -0.3 is 10.1 Å². The number of hydrogen-bond acceptors (Lipinski definition) is 4. The Morgan fingerprint density at radius 1 is 1.33 bits per heavy atom. The van der Waals surface area contributed by atoms with Gasteiger partial charge in [0.2, 0.25) is 0 Å². The van der Waals surface area contributed by atoms with E-state index in [2.05, 4.69) is 21.2 Å². The van der Waals surface area contributed by atoms with Crippen LogP contribution in [0.25, 0.3) is 0 Å². The molecule has 0 aliphatic carbocycles. The predicted molar refractivity (Wildman–Crippen MR) is 94.3 cm³/mol. The van der Waals surface area contributed by atoms with E-state index in [0.717, 1.165) is 10.0 Å². The first kappa shape index (κ1) is 18.2. The number of hydrogen-bond donors (Lipinski definition) is 1. The first-order valence-electron chi connectivity index (χ1n) is 6.98. The lowest BCUT2D eigenvalue weighted by atomic mass is 10.1. The molecule has 0 aromatic heterocycles. The first-order chi connectivity index (χ1) is 11.4. The highest BCUT2D eigenvalue weighted by atomic mass is 79.9. The van der Waals surface area contributed by atoms with Crippen LogP contribution in [0.2, 0.25) is 5.02 Å².